The molecule has 2 aromatic rings. The van der Waals surface area contributed by atoms with Crippen LogP contribution in [0.1, 0.15) is 24.3 Å². The Hall–Kier alpha value is -1.17. The molecule has 1 aliphatic rings. The molecule has 2 unspecified atom stereocenters. The number of hydrogen-bond acceptors (Lipinski definition) is 4. The molecule has 0 aliphatic heterocycles. The van der Waals surface area contributed by atoms with E-state index in [1.807, 2.05) is 24.3 Å². The van der Waals surface area contributed by atoms with Gasteiger partial charge in [-0.2, -0.15) is 0 Å². The molecule has 6 heteroatoms. The van der Waals surface area contributed by atoms with Crippen LogP contribution >= 0.6 is 23.7 Å². The number of nitrogens with one attached hydrogen (secondary N) is 1. The van der Waals surface area contributed by atoms with Crippen molar-refractivity contribution in [3.8, 4) is 0 Å². The lowest BCUT2D eigenvalue weighted by atomic mass is 10.1. The number of carbonyl (C=O) groups is 1. The summed E-state index contributed by atoms with van der Waals surface area (Å²) in [5.41, 5.74) is 6.83. The molecule has 1 heterocycles. The molecule has 1 aromatic carbocycles. The summed E-state index contributed by atoms with van der Waals surface area (Å²) < 4.78 is 1.16. The molecule has 1 fully saturated rings. The molecule has 1 aliphatic carbocycles. The third-order valence-electron chi connectivity index (χ3n) is 3.60. The van der Waals surface area contributed by atoms with Gasteiger partial charge in [-0.1, -0.05) is 12.1 Å². The van der Waals surface area contributed by atoms with E-state index in [9.17, 15) is 4.79 Å². The molecule has 4 nitrogen and oxygen atoms in total. The number of benzene rings is 1. The van der Waals surface area contributed by atoms with E-state index in [4.69, 9.17) is 5.73 Å². The molecule has 1 saturated carbocycles. The lowest BCUT2D eigenvalue weighted by Gasteiger charge is -2.09. The van der Waals surface area contributed by atoms with Crippen LogP contribution in [0, 0.1) is 5.92 Å². The Kier molecular flexibility index (Phi) is 4.96. The number of fused-ring (bicyclic) bond motifs is 1. The third kappa shape index (κ3) is 3.29. The van der Waals surface area contributed by atoms with Crippen LogP contribution in [0.4, 0.5) is 0 Å². The highest BCUT2D eigenvalue weighted by molar-refractivity contribution is 7.18. The Balaban J connectivity index is 0.00000147. The van der Waals surface area contributed by atoms with E-state index in [0.29, 0.717) is 6.54 Å². The molecule has 1 amide bonds. The van der Waals surface area contributed by atoms with Crippen molar-refractivity contribution in [1.29, 1.82) is 0 Å². The van der Waals surface area contributed by atoms with Gasteiger partial charge in [0.15, 0.2) is 0 Å². The van der Waals surface area contributed by atoms with Crippen LogP contribution in [0.15, 0.2) is 24.3 Å². The molecule has 0 radical (unpaired) electrons. The van der Waals surface area contributed by atoms with Crippen LogP contribution < -0.4 is 11.1 Å². The molecule has 3 rings (SSSR count). The summed E-state index contributed by atoms with van der Waals surface area (Å²) in [4.78, 5) is 16.5. The zero-order valence-electron chi connectivity index (χ0n) is 11.0. The summed E-state index contributed by atoms with van der Waals surface area (Å²) in [6, 6.07) is 8.22. The number of para-hydroxylation sites is 1. The molecule has 1 aromatic heterocycles. The Morgan fingerprint density at radius 1 is 1.40 bits per heavy atom. The standard InChI is InChI=1S/C14H17N3OS.ClH/c15-10-6-5-9(7-10)14(18)16-8-13-17-11-3-1-2-4-12(11)19-13;/h1-4,9-10H,5-8,15H2,(H,16,18);1H. The van der Waals surface area contributed by atoms with Crippen molar-refractivity contribution >= 4 is 39.9 Å². The summed E-state index contributed by atoms with van der Waals surface area (Å²) in [6.45, 7) is 0.518. The molecular formula is C14H18ClN3OS. The zero-order chi connectivity index (χ0) is 13.2. The number of aromatic nitrogens is 1. The normalized spacial score (nSPS) is 21.6. The van der Waals surface area contributed by atoms with E-state index in [0.717, 1.165) is 34.5 Å². The van der Waals surface area contributed by atoms with Gasteiger partial charge in [0, 0.05) is 12.0 Å². The van der Waals surface area contributed by atoms with E-state index in [1.165, 1.54) is 0 Å². The van der Waals surface area contributed by atoms with Crippen LogP contribution in [0.5, 0.6) is 0 Å². The molecule has 0 spiro atoms. The summed E-state index contributed by atoms with van der Waals surface area (Å²) in [5, 5.41) is 3.93. The Labute approximate surface area is 128 Å². The maximum Gasteiger partial charge on any atom is 0.223 e. The van der Waals surface area contributed by atoms with Gasteiger partial charge in [-0.05, 0) is 31.4 Å². The summed E-state index contributed by atoms with van der Waals surface area (Å²) >= 11 is 1.63. The van der Waals surface area contributed by atoms with Gasteiger partial charge < -0.3 is 11.1 Å². The summed E-state index contributed by atoms with van der Waals surface area (Å²) in [5.74, 6) is 0.205. The maximum atomic E-state index is 12.0. The highest BCUT2D eigenvalue weighted by Gasteiger charge is 2.27. The van der Waals surface area contributed by atoms with Crippen LogP contribution in [0.3, 0.4) is 0 Å². The van der Waals surface area contributed by atoms with Crippen LogP contribution in [0.25, 0.3) is 10.2 Å². The van der Waals surface area contributed by atoms with E-state index in [1.54, 1.807) is 11.3 Å². The van der Waals surface area contributed by atoms with Crippen molar-refractivity contribution in [2.75, 3.05) is 0 Å². The number of halogens is 1. The SMILES string of the molecule is Cl.NC1CCC(C(=O)NCc2nc3ccccc3s2)C1. The fourth-order valence-corrected chi connectivity index (χ4v) is 3.46. The molecule has 20 heavy (non-hydrogen) atoms. The number of thiazole rings is 1. The second-order valence-electron chi connectivity index (χ2n) is 5.06. The van der Waals surface area contributed by atoms with E-state index < -0.39 is 0 Å². The second-order valence-corrected chi connectivity index (χ2v) is 6.18. The molecule has 0 bridgehead atoms. The van der Waals surface area contributed by atoms with Gasteiger partial charge in [-0.15, -0.1) is 23.7 Å². The monoisotopic (exact) mass is 311 g/mol. The van der Waals surface area contributed by atoms with E-state index >= 15 is 0 Å². The Bertz CT molecular complexity index is 568. The van der Waals surface area contributed by atoms with Crippen molar-refractivity contribution in [1.82, 2.24) is 10.3 Å². The predicted molar refractivity (Wildman–Crippen MR) is 84.0 cm³/mol. The molecule has 2 atom stereocenters. The van der Waals surface area contributed by atoms with Crippen molar-refractivity contribution in [2.45, 2.75) is 31.8 Å². The van der Waals surface area contributed by atoms with Crippen molar-refractivity contribution < 1.29 is 4.79 Å². The number of nitrogens with two attached hydrogens (primary N) is 1. The van der Waals surface area contributed by atoms with Crippen LogP contribution in [0.2, 0.25) is 0 Å². The zero-order valence-corrected chi connectivity index (χ0v) is 12.7. The van der Waals surface area contributed by atoms with Crippen LogP contribution in [-0.2, 0) is 11.3 Å². The van der Waals surface area contributed by atoms with E-state index in [-0.39, 0.29) is 30.3 Å². The lowest BCUT2D eigenvalue weighted by molar-refractivity contribution is -0.125. The molecular weight excluding hydrogens is 294 g/mol. The number of carbonyl (C=O) groups excluding carboxylic acids is 1. The Morgan fingerprint density at radius 2 is 2.20 bits per heavy atom. The average Bonchev–Trinajstić information content (AvgIpc) is 3.01. The number of nitrogens with zero attached hydrogens (tertiary/aromatic N) is 1. The topological polar surface area (TPSA) is 68.0 Å². The van der Waals surface area contributed by atoms with Gasteiger partial charge in [0.25, 0.3) is 0 Å². The highest BCUT2D eigenvalue weighted by Crippen LogP contribution is 2.25. The number of rotatable bonds is 3. The first-order chi connectivity index (χ1) is 9.22. The van der Waals surface area contributed by atoms with Gasteiger partial charge in [0.1, 0.15) is 5.01 Å². The largest absolute Gasteiger partial charge is 0.349 e. The predicted octanol–water partition coefficient (Wildman–Crippen LogP) is 2.46. The molecule has 3 N–H and O–H groups in total. The van der Waals surface area contributed by atoms with E-state index in [2.05, 4.69) is 10.3 Å². The van der Waals surface area contributed by atoms with Crippen molar-refractivity contribution in [3.63, 3.8) is 0 Å². The minimum atomic E-state index is 0. The minimum absolute atomic E-state index is 0. The van der Waals surface area contributed by atoms with Gasteiger partial charge in [0.2, 0.25) is 5.91 Å². The molecule has 108 valence electrons. The first-order valence-electron chi connectivity index (χ1n) is 6.60. The number of amides is 1. The first kappa shape index (κ1) is 15.2. The second kappa shape index (κ2) is 6.52. The number of hydrogen-bond donors (Lipinski definition) is 2. The van der Waals surface area contributed by atoms with Crippen molar-refractivity contribution in [2.24, 2.45) is 11.7 Å². The highest BCUT2D eigenvalue weighted by atomic mass is 35.5. The lowest BCUT2D eigenvalue weighted by Crippen LogP contribution is -2.29. The van der Waals surface area contributed by atoms with Crippen LogP contribution in [-0.4, -0.2) is 16.9 Å². The summed E-state index contributed by atoms with van der Waals surface area (Å²) in [7, 11) is 0. The third-order valence-corrected chi connectivity index (χ3v) is 4.63. The fourth-order valence-electron chi connectivity index (χ4n) is 2.56. The van der Waals surface area contributed by atoms with Gasteiger partial charge in [0.05, 0.1) is 16.8 Å². The fraction of sp³-hybridized carbons (Fsp3) is 0.429. The minimum Gasteiger partial charge on any atom is -0.349 e. The maximum absolute atomic E-state index is 12.0. The van der Waals surface area contributed by atoms with Gasteiger partial charge >= 0.3 is 0 Å². The first-order valence-corrected chi connectivity index (χ1v) is 7.42. The Morgan fingerprint density at radius 3 is 2.90 bits per heavy atom. The average molecular weight is 312 g/mol. The van der Waals surface area contributed by atoms with Gasteiger partial charge in [-0.3, -0.25) is 4.79 Å². The molecule has 0 saturated heterocycles. The van der Waals surface area contributed by atoms with Crippen molar-refractivity contribution in [3.05, 3.63) is 29.3 Å². The quantitative estimate of drug-likeness (QED) is 0.915. The van der Waals surface area contributed by atoms with Gasteiger partial charge in [-0.25, -0.2) is 4.98 Å². The summed E-state index contributed by atoms with van der Waals surface area (Å²) in [6.07, 6.45) is 2.68. The smallest absolute Gasteiger partial charge is 0.223 e.